The fraction of sp³-hybridized carbons (Fsp3) is 0.250. The molecular formula is C28H26ClN5O. The maximum atomic E-state index is 6.61. The molecule has 1 aliphatic carbocycles. The van der Waals surface area contributed by atoms with Crippen molar-refractivity contribution in [2.24, 2.45) is 0 Å². The standard InChI is InChI=1S/C28H26ClN5O/c1-2-35-17-31-22-14-21(15-22)28-33-25(26-27(29)30-12-13-34(26)28)20-9-8-19-10-11-23(32-24(19)16-20)18-6-4-3-5-7-18/h3-13,16,21-22,31H,2,14-15,17H2,1H3/t21-,22+. The van der Waals surface area contributed by atoms with Crippen molar-refractivity contribution in [3.8, 4) is 22.5 Å². The average molecular weight is 484 g/mol. The summed E-state index contributed by atoms with van der Waals surface area (Å²) in [6.45, 7) is 3.31. The zero-order valence-electron chi connectivity index (χ0n) is 19.5. The summed E-state index contributed by atoms with van der Waals surface area (Å²) in [6, 6.07) is 21.1. The number of pyridine rings is 1. The summed E-state index contributed by atoms with van der Waals surface area (Å²) >= 11 is 6.61. The molecule has 2 aromatic carbocycles. The maximum absolute atomic E-state index is 6.61. The van der Waals surface area contributed by atoms with Crippen molar-refractivity contribution in [2.45, 2.75) is 31.7 Å². The number of hydrogen-bond donors (Lipinski definition) is 1. The van der Waals surface area contributed by atoms with Crippen LogP contribution < -0.4 is 5.32 Å². The number of halogens is 1. The van der Waals surface area contributed by atoms with E-state index in [1.807, 2.05) is 31.3 Å². The predicted octanol–water partition coefficient (Wildman–Crippen LogP) is 6.09. The third-order valence-corrected chi connectivity index (χ3v) is 7.03. The molecule has 176 valence electrons. The van der Waals surface area contributed by atoms with Gasteiger partial charge in [-0.2, -0.15) is 0 Å². The minimum absolute atomic E-state index is 0.358. The molecule has 1 aliphatic rings. The number of fused-ring (bicyclic) bond motifs is 2. The molecule has 0 amide bonds. The molecule has 0 radical (unpaired) electrons. The van der Waals surface area contributed by atoms with E-state index in [9.17, 15) is 0 Å². The van der Waals surface area contributed by atoms with Gasteiger partial charge in [0.15, 0.2) is 5.15 Å². The molecule has 3 heterocycles. The smallest absolute Gasteiger partial charge is 0.155 e. The largest absolute Gasteiger partial charge is 0.367 e. The molecule has 0 unspecified atom stereocenters. The van der Waals surface area contributed by atoms with Crippen LogP contribution in [0.4, 0.5) is 0 Å². The van der Waals surface area contributed by atoms with Gasteiger partial charge in [-0.15, -0.1) is 0 Å². The number of nitrogens with zero attached hydrogens (tertiary/aromatic N) is 4. The van der Waals surface area contributed by atoms with Gasteiger partial charge in [0.05, 0.1) is 23.6 Å². The van der Waals surface area contributed by atoms with Crippen molar-refractivity contribution < 1.29 is 4.74 Å². The molecule has 6 rings (SSSR count). The number of imidazole rings is 1. The van der Waals surface area contributed by atoms with Crippen LogP contribution >= 0.6 is 11.6 Å². The van der Waals surface area contributed by atoms with Gasteiger partial charge in [-0.05, 0) is 31.9 Å². The number of hydrogen-bond acceptors (Lipinski definition) is 5. The Bertz CT molecular complexity index is 1490. The molecule has 7 heteroatoms. The second-order valence-corrected chi connectivity index (χ2v) is 9.29. The first-order valence-electron chi connectivity index (χ1n) is 12.0. The van der Waals surface area contributed by atoms with Gasteiger partial charge in [0.25, 0.3) is 0 Å². The van der Waals surface area contributed by atoms with E-state index in [-0.39, 0.29) is 0 Å². The van der Waals surface area contributed by atoms with Crippen LogP contribution in [0.2, 0.25) is 5.15 Å². The average Bonchev–Trinajstić information content (AvgIpc) is 3.26. The molecule has 0 spiro atoms. The third kappa shape index (κ3) is 4.18. The van der Waals surface area contributed by atoms with Gasteiger partial charge in [-0.3, -0.25) is 9.72 Å². The Hall–Kier alpha value is -3.32. The van der Waals surface area contributed by atoms with Crippen LogP contribution in [0.15, 0.2) is 73.1 Å². The molecule has 35 heavy (non-hydrogen) atoms. The highest BCUT2D eigenvalue weighted by atomic mass is 35.5. The van der Waals surface area contributed by atoms with Gasteiger partial charge in [-0.1, -0.05) is 60.1 Å². The normalized spacial score (nSPS) is 17.7. The highest BCUT2D eigenvalue weighted by molar-refractivity contribution is 6.33. The molecule has 5 aromatic rings. The van der Waals surface area contributed by atoms with Gasteiger partial charge >= 0.3 is 0 Å². The van der Waals surface area contributed by atoms with Crippen LogP contribution in [0.1, 0.15) is 31.5 Å². The van der Waals surface area contributed by atoms with Crippen LogP contribution in [0.5, 0.6) is 0 Å². The first-order chi connectivity index (χ1) is 17.2. The summed E-state index contributed by atoms with van der Waals surface area (Å²) in [5.74, 6) is 1.39. The van der Waals surface area contributed by atoms with Crippen molar-refractivity contribution in [2.75, 3.05) is 13.3 Å². The number of benzene rings is 2. The monoisotopic (exact) mass is 483 g/mol. The summed E-state index contributed by atoms with van der Waals surface area (Å²) in [6.07, 6.45) is 5.74. The fourth-order valence-electron chi connectivity index (χ4n) is 4.82. The van der Waals surface area contributed by atoms with E-state index in [0.717, 1.165) is 64.2 Å². The van der Waals surface area contributed by atoms with E-state index in [0.29, 0.717) is 23.8 Å². The van der Waals surface area contributed by atoms with E-state index in [4.69, 9.17) is 26.3 Å². The second kappa shape index (κ2) is 9.38. The summed E-state index contributed by atoms with van der Waals surface area (Å²) in [5, 5.41) is 4.99. The Labute approximate surface area is 209 Å². The van der Waals surface area contributed by atoms with E-state index < -0.39 is 0 Å². The maximum Gasteiger partial charge on any atom is 0.155 e. The van der Waals surface area contributed by atoms with Gasteiger partial charge < -0.3 is 4.74 Å². The van der Waals surface area contributed by atoms with Gasteiger partial charge in [0.1, 0.15) is 11.3 Å². The van der Waals surface area contributed by atoms with E-state index >= 15 is 0 Å². The lowest BCUT2D eigenvalue weighted by molar-refractivity contribution is 0.102. The minimum Gasteiger partial charge on any atom is -0.367 e. The Morgan fingerprint density at radius 3 is 2.69 bits per heavy atom. The number of aromatic nitrogens is 4. The zero-order chi connectivity index (χ0) is 23.8. The molecular weight excluding hydrogens is 458 g/mol. The SMILES string of the molecule is CCOCN[C@H]1C[C@@H](c2nc(-c3ccc4ccc(-c5ccccc5)nc4c3)c3c(Cl)nccn32)C1. The number of ether oxygens (including phenoxy) is 1. The highest BCUT2D eigenvalue weighted by Crippen LogP contribution is 2.40. The molecule has 0 saturated heterocycles. The lowest BCUT2D eigenvalue weighted by atomic mass is 9.80. The molecule has 3 aromatic heterocycles. The van der Waals surface area contributed by atoms with Crippen LogP contribution in [0.3, 0.4) is 0 Å². The van der Waals surface area contributed by atoms with Crippen molar-refractivity contribution in [1.82, 2.24) is 24.7 Å². The Morgan fingerprint density at radius 1 is 1.03 bits per heavy atom. The van der Waals surface area contributed by atoms with Gasteiger partial charge in [-0.25, -0.2) is 15.0 Å². The van der Waals surface area contributed by atoms with E-state index in [1.54, 1.807) is 6.20 Å². The summed E-state index contributed by atoms with van der Waals surface area (Å²) < 4.78 is 7.54. The van der Waals surface area contributed by atoms with Crippen LogP contribution in [-0.2, 0) is 4.74 Å². The van der Waals surface area contributed by atoms with Crippen molar-refractivity contribution in [3.63, 3.8) is 0 Å². The van der Waals surface area contributed by atoms with Gasteiger partial charge in [0, 0.05) is 47.5 Å². The second-order valence-electron chi connectivity index (χ2n) is 8.93. The Morgan fingerprint density at radius 2 is 1.86 bits per heavy atom. The predicted molar refractivity (Wildman–Crippen MR) is 140 cm³/mol. The summed E-state index contributed by atoms with van der Waals surface area (Å²) in [7, 11) is 0. The fourth-order valence-corrected chi connectivity index (χ4v) is 5.06. The number of nitrogens with one attached hydrogen (secondary N) is 1. The van der Waals surface area contributed by atoms with Crippen molar-refractivity contribution in [1.29, 1.82) is 0 Å². The topological polar surface area (TPSA) is 64.3 Å². The first-order valence-corrected chi connectivity index (χ1v) is 12.4. The van der Waals surface area contributed by atoms with Crippen LogP contribution in [-0.4, -0.2) is 38.7 Å². The lowest BCUT2D eigenvalue weighted by Gasteiger charge is -2.35. The minimum atomic E-state index is 0.358. The van der Waals surface area contributed by atoms with Crippen molar-refractivity contribution in [3.05, 3.63) is 84.0 Å². The van der Waals surface area contributed by atoms with Crippen LogP contribution in [0.25, 0.3) is 38.9 Å². The van der Waals surface area contributed by atoms with Crippen LogP contribution in [0, 0.1) is 0 Å². The Balaban J connectivity index is 1.38. The highest BCUT2D eigenvalue weighted by Gasteiger charge is 2.34. The molecule has 1 N–H and O–H groups in total. The lowest BCUT2D eigenvalue weighted by Crippen LogP contribution is -2.41. The summed E-state index contributed by atoms with van der Waals surface area (Å²) in [4.78, 5) is 14.4. The Kier molecular flexibility index (Phi) is 5.94. The van der Waals surface area contributed by atoms with Crippen molar-refractivity contribution >= 4 is 28.0 Å². The summed E-state index contributed by atoms with van der Waals surface area (Å²) in [5.41, 5.74) is 5.64. The molecule has 1 saturated carbocycles. The zero-order valence-corrected chi connectivity index (χ0v) is 20.2. The van der Waals surface area contributed by atoms with E-state index in [1.165, 1.54) is 0 Å². The molecule has 6 nitrogen and oxygen atoms in total. The third-order valence-electron chi connectivity index (χ3n) is 6.75. The van der Waals surface area contributed by atoms with E-state index in [2.05, 4.69) is 57.2 Å². The number of rotatable bonds is 7. The van der Waals surface area contributed by atoms with Gasteiger partial charge in [0.2, 0.25) is 0 Å². The first kappa shape index (κ1) is 22.2. The quantitative estimate of drug-likeness (QED) is 0.224. The molecule has 1 fully saturated rings. The molecule has 0 aliphatic heterocycles. The molecule has 0 atom stereocenters. The molecule has 0 bridgehead atoms.